The van der Waals surface area contributed by atoms with E-state index in [0.717, 1.165) is 18.5 Å². The van der Waals surface area contributed by atoms with Crippen LogP contribution in [0.4, 0.5) is 0 Å². The van der Waals surface area contributed by atoms with Crippen molar-refractivity contribution in [1.82, 2.24) is 9.96 Å². The first kappa shape index (κ1) is 24.4. The third-order valence-corrected chi connectivity index (χ3v) is 7.87. The fourth-order valence-electron chi connectivity index (χ4n) is 6.27. The summed E-state index contributed by atoms with van der Waals surface area (Å²) in [6.07, 6.45) is 1.20. The molecule has 2 unspecified atom stereocenters. The van der Waals surface area contributed by atoms with Crippen molar-refractivity contribution >= 4 is 23.2 Å². The summed E-state index contributed by atoms with van der Waals surface area (Å²) >= 11 is 0. The molecule has 192 valence electrons. The molecule has 1 aromatic rings. The largest absolute Gasteiger partial charge is 0.508 e. The molecule has 0 radical (unpaired) electrons. The van der Waals surface area contributed by atoms with Crippen LogP contribution in [0.1, 0.15) is 29.5 Å². The molecule has 11 heteroatoms. The number of phenols is 1. The number of amides is 1. The van der Waals surface area contributed by atoms with E-state index in [-0.39, 0.29) is 29.7 Å². The molecule has 36 heavy (non-hydrogen) atoms. The average molecular weight is 500 g/mol. The molecule has 4 atom stereocenters. The maximum Gasteiger partial charge on any atom is 0.255 e. The van der Waals surface area contributed by atoms with E-state index >= 15 is 0 Å². The van der Waals surface area contributed by atoms with Gasteiger partial charge in [-0.25, -0.2) is 0 Å². The van der Waals surface area contributed by atoms with E-state index in [1.165, 1.54) is 11.0 Å². The molecule has 1 aliphatic heterocycles. The third-order valence-electron chi connectivity index (χ3n) is 7.87. The first-order chi connectivity index (χ1) is 17.0. The van der Waals surface area contributed by atoms with Crippen molar-refractivity contribution < 1.29 is 39.6 Å². The number of carbonyl (C=O) groups is 3. The monoisotopic (exact) mass is 499 g/mol. The number of hydrogen-bond acceptors (Lipinski definition) is 10. The van der Waals surface area contributed by atoms with Gasteiger partial charge in [0.2, 0.25) is 5.78 Å². The van der Waals surface area contributed by atoms with Gasteiger partial charge in [0.25, 0.3) is 5.91 Å². The smallest absolute Gasteiger partial charge is 0.255 e. The number of aliphatic hydroxyl groups is 3. The highest BCUT2D eigenvalue weighted by molar-refractivity contribution is 6.24. The number of hydroxylamine groups is 2. The summed E-state index contributed by atoms with van der Waals surface area (Å²) in [4.78, 5) is 46.1. The first-order valence-corrected chi connectivity index (χ1v) is 11.8. The van der Waals surface area contributed by atoms with Crippen LogP contribution in [0.5, 0.6) is 5.75 Å². The van der Waals surface area contributed by atoms with Gasteiger partial charge in [-0.15, -0.1) is 0 Å². The normalized spacial score (nSPS) is 30.5. The number of benzene rings is 1. The third kappa shape index (κ3) is 3.30. The molecule has 1 saturated carbocycles. The number of fused-ring (bicyclic) bond motifs is 3. The summed E-state index contributed by atoms with van der Waals surface area (Å²) in [5, 5.41) is 46.2. The number of Topliss-reactive ketones (excluding diaryl/α,β-unsaturated/α-hetero) is 2. The second-order valence-electron chi connectivity index (χ2n) is 10.1. The highest BCUT2D eigenvalue weighted by atomic mass is 16.7. The minimum absolute atomic E-state index is 0.0566. The van der Waals surface area contributed by atoms with E-state index in [4.69, 9.17) is 10.6 Å². The van der Waals surface area contributed by atoms with Gasteiger partial charge < -0.3 is 26.2 Å². The lowest BCUT2D eigenvalue weighted by Crippen LogP contribution is -2.65. The van der Waals surface area contributed by atoms with Crippen LogP contribution in [-0.2, 0) is 32.2 Å². The molecule has 1 amide bonds. The molecule has 3 aliphatic carbocycles. The van der Waals surface area contributed by atoms with Crippen LogP contribution >= 0.6 is 0 Å². The van der Waals surface area contributed by atoms with Gasteiger partial charge in [0.05, 0.1) is 18.2 Å². The predicted octanol–water partition coefficient (Wildman–Crippen LogP) is 0.101. The van der Waals surface area contributed by atoms with Gasteiger partial charge in [0.1, 0.15) is 22.8 Å². The van der Waals surface area contributed by atoms with Gasteiger partial charge in [0, 0.05) is 24.6 Å². The lowest BCUT2D eigenvalue weighted by Gasteiger charge is -2.50. The van der Waals surface area contributed by atoms with Crippen molar-refractivity contribution in [2.45, 2.75) is 37.5 Å². The Morgan fingerprint density at radius 2 is 1.97 bits per heavy atom. The molecule has 0 bridgehead atoms. The van der Waals surface area contributed by atoms with Crippen LogP contribution in [0.3, 0.4) is 0 Å². The van der Waals surface area contributed by atoms with Gasteiger partial charge in [-0.05, 0) is 56.5 Å². The van der Waals surface area contributed by atoms with Gasteiger partial charge >= 0.3 is 0 Å². The Balaban J connectivity index is 1.67. The fourth-order valence-corrected chi connectivity index (χ4v) is 6.27. The number of phenolic OH excluding ortho intramolecular Hbond substituents is 1. The number of hydrogen-bond donors (Lipinski definition) is 5. The molecular weight excluding hydrogens is 470 g/mol. The second kappa shape index (κ2) is 8.41. The number of likely N-dealkylation sites (N-methyl/N-ethyl adjacent to an activating group) is 1. The topological polar surface area (TPSA) is 174 Å². The van der Waals surface area contributed by atoms with E-state index in [0.29, 0.717) is 18.7 Å². The van der Waals surface area contributed by atoms with Crippen molar-refractivity contribution in [1.29, 1.82) is 0 Å². The molecule has 2 fully saturated rings. The summed E-state index contributed by atoms with van der Waals surface area (Å²) in [5.74, 6) is -6.57. The summed E-state index contributed by atoms with van der Waals surface area (Å²) in [7, 11) is 3.14. The van der Waals surface area contributed by atoms with Gasteiger partial charge in [-0.2, -0.15) is 5.06 Å². The standard InChI is InChI=1S/C25H29N3O8/c1-27(2)19-14-9-12-8-13-11(10-28-6-3-7-36-28)4-5-15(29)17(13)20(30)16(12)22(32)25(14,35)23(33)18(21(19)31)24(26)34/h4-5,12,14,19,29-30,33,35H,3,6-10H2,1-2H3,(H2,26,34)/t12?,14?,19-,25+/m1/s1. The number of carbonyl (C=O) groups excluding carboxylic acids is 3. The molecular formula is C25H29N3O8. The van der Waals surface area contributed by atoms with Crippen LogP contribution < -0.4 is 5.73 Å². The average Bonchev–Trinajstić information content (AvgIpc) is 3.31. The highest BCUT2D eigenvalue weighted by Gasteiger charge is 2.64. The van der Waals surface area contributed by atoms with E-state index in [1.54, 1.807) is 25.2 Å². The molecule has 0 aromatic heterocycles. The van der Waals surface area contributed by atoms with Crippen LogP contribution in [0.15, 0.2) is 29.0 Å². The molecule has 5 rings (SSSR count). The van der Waals surface area contributed by atoms with Gasteiger partial charge in [-0.1, -0.05) is 6.07 Å². The Hall–Kier alpha value is -3.25. The minimum Gasteiger partial charge on any atom is -0.508 e. The van der Waals surface area contributed by atoms with Gasteiger partial charge in [0.15, 0.2) is 11.4 Å². The van der Waals surface area contributed by atoms with E-state index in [1.807, 2.05) is 0 Å². The molecule has 0 spiro atoms. The Morgan fingerprint density at radius 1 is 1.25 bits per heavy atom. The van der Waals surface area contributed by atoms with Crippen LogP contribution in [0.25, 0.3) is 5.76 Å². The second-order valence-corrected chi connectivity index (χ2v) is 10.1. The first-order valence-electron chi connectivity index (χ1n) is 11.8. The Bertz CT molecular complexity index is 1250. The number of rotatable bonds is 4. The van der Waals surface area contributed by atoms with Gasteiger partial charge in [-0.3, -0.25) is 24.1 Å². The molecule has 1 heterocycles. The Labute approximate surface area is 207 Å². The van der Waals surface area contributed by atoms with Crippen molar-refractivity contribution in [2.24, 2.45) is 17.6 Å². The van der Waals surface area contributed by atoms with Crippen molar-refractivity contribution in [3.8, 4) is 5.75 Å². The summed E-state index contributed by atoms with van der Waals surface area (Å²) in [5.41, 5.74) is 3.26. The molecule has 1 aromatic carbocycles. The van der Waals surface area contributed by atoms with E-state index in [2.05, 4.69) is 0 Å². The summed E-state index contributed by atoms with van der Waals surface area (Å²) in [6.45, 7) is 1.76. The van der Waals surface area contributed by atoms with E-state index < -0.39 is 58.0 Å². The SMILES string of the molecule is CN(C)[C@H]1C(=O)C(C(N)=O)=C(O)[C@@]2(O)C(=O)C3=C(O)c4c(O)ccc(CN5CCCO5)c4CC3CC12. The summed E-state index contributed by atoms with van der Waals surface area (Å²) in [6, 6.07) is 2.06. The Kier molecular flexibility index (Phi) is 5.71. The van der Waals surface area contributed by atoms with Crippen molar-refractivity contribution in [3.05, 3.63) is 45.7 Å². The zero-order valence-electron chi connectivity index (χ0n) is 20.0. The number of nitrogens with two attached hydrogens (primary N) is 1. The van der Waals surface area contributed by atoms with Crippen LogP contribution in [0.2, 0.25) is 0 Å². The number of nitrogens with zero attached hydrogens (tertiary/aromatic N) is 2. The molecule has 6 N–H and O–H groups in total. The maximum atomic E-state index is 13.8. The molecule has 11 nitrogen and oxygen atoms in total. The zero-order chi connectivity index (χ0) is 26.1. The Morgan fingerprint density at radius 3 is 2.58 bits per heavy atom. The summed E-state index contributed by atoms with van der Waals surface area (Å²) < 4.78 is 0. The quantitative estimate of drug-likeness (QED) is 0.358. The molecule has 1 saturated heterocycles. The number of aliphatic hydroxyl groups excluding tert-OH is 2. The van der Waals surface area contributed by atoms with Crippen molar-refractivity contribution in [3.63, 3.8) is 0 Å². The highest BCUT2D eigenvalue weighted by Crippen LogP contribution is 2.53. The number of aromatic hydroxyl groups is 1. The lowest BCUT2D eigenvalue weighted by atomic mass is 9.57. The van der Waals surface area contributed by atoms with Crippen molar-refractivity contribution in [2.75, 3.05) is 27.2 Å². The lowest BCUT2D eigenvalue weighted by molar-refractivity contribution is -0.153. The zero-order valence-corrected chi connectivity index (χ0v) is 20.0. The molecule has 4 aliphatic rings. The minimum atomic E-state index is -2.64. The maximum absolute atomic E-state index is 13.8. The fraction of sp³-hybridized carbons (Fsp3) is 0.480. The van der Waals surface area contributed by atoms with Crippen LogP contribution in [0, 0.1) is 11.8 Å². The van der Waals surface area contributed by atoms with Crippen LogP contribution in [-0.4, -0.2) is 86.8 Å². The number of ketones is 2. The number of primary amides is 1. The predicted molar refractivity (Wildman–Crippen MR) is 125 cm³/mol. The van der Waals surface area contributed by atoms with E-state index in [9.17, 15) is 34.8 Å².